The highest BCUT2D eigenvalue weighted by Gasteiger charge is 2.09. The van der Waals surface area contributed by atoms with Crippen LogP contribution in [0.1, 0.15) is 38.9 Å². The van der Waals surface area contributed by atoms with E-state index >= 15 is 0 Å². The van der Waals surface area contributed by atoms with Gasteiger partial charge in [0, 0.05) is 17.8 Å². The lowest BCUT2D eigenvalue weighted by molar-refractivity contribution is 0.101. The van der Waals surface area contributed by atoms with E-state index in [2.05, 4.69) is 26.9 Å². The second kappa shape index (κ2) is 8.23. The summed E-state index contributed by atoms with van der Waals surface area (Å²) in [6.45, 7) is 4.17. The van der Waals surface area contributed by atoms with E-state index in [0.717, 1.165) is 5.56 Å². The number of hydrogen-bond acceptors (Lipinski definition) is 5. The first kappa shape index (κ1) is 18.3. The maximum Gasteiger partial charge on any atom is 0.276 e. The molecule has 27 heavy (non-hydrogen) atoms. The zero-order valence-electron chi connectivity index (χ0n) is 15.2. The van der Waals surface area contributed by atoms with E-state index in [1.165, 1.54) is 12.5 Å². The Balaban J connectivity index is 1.59. The van der Waals surface area contributed by atoms with Crippen molar-refractivity contribution in [2.45, 2.75) is 20.4 Å². The minimum Gasteiger partial charge on any atom is -0.365 e. The van der Waals surface area contributed by atoms with Crippen molar-refractivity contribution in [3.05, 3.63) is 83.0 Å². The van der Waals surface area contributed by atoms with Crippen LogP contribution in [0.25, 0.3) is 0 Å². The van der Waals surface area contributed by atoms with Gasteiger partial charge in [-0.2, -0.15) is 0 Å². The second-order valence-corrected chi connectivity index (χ2v) is 6.23. The third-order valence-electron chi connectivity index (χ3n) is 4.00. The van der Waals surface area contributed by atoms with Crippen LogP contribution in [0, 0.1) is 6.92 Å². The summed E-state index contributed by atoms with van der Waals surface area (Å²) in [6, 6.07) is 18.2. The average Bonchev–Trinajstić information content (AvgIpc) is 2.67. The summed E-state index contributed by atoms with van der Waals surface area (Å²) in [6.07, 6.45) is 0. The molecule has 6 heteroatoms. The SMILES string of the molecule is CC(=O)c1ccc(NC(=O)c2ccc(NCc3cccc(C)c3)nn2)cc1. The molecule has 0 fully saturated rings. The standard InChI is InChI=1S/C21H20N4O2/c1-14-4-3-5-16(12-14)13-22-20-11-10-19(24-25-20)21(27)23-18-8-6-17(7-9-18)15(2)26/h3-12H,13H2,1-2H3,(H,22,25)(H,23,27). The van der Waals surface area contributed by atoms with Crippen molar-refractivity contribution in [3.63, 3.8) is 0 Å². The molecule has 1 amide bonds. The molecule has 1 aromatic heterocycles. The number of hydrogen-bond donors (Lipinski definition) is 2. The molecule has 1 heterocycles. The highest BCUT2D eigenvalue weighted by molar-refractivity contribution is 6.03. The molecule has 0 radical (unpaired) electrons. The van der Waals surface area contributed by atoms with Gasteiger partial charge in [0.2, 0.25) is 0 Å². The minimum absolute atomic E-state index is 0.0208. The summed E-state index contributed by atoms with van der Waals surface area (Å²) in [4.78, 5) is 23.5. The van der Waals surface area contributed by atoms with E-state index in [-0.39, 0.29) is 17.4 Å². The van der Waals surface area contributed by atoms with Crippen molar-refractivity contribution in [3.8, 4) is 0 Å². The summed E-state index contributed by atoms with van der Waals surface area (Å²) in [7, 11) is 0. The van der Waals surface area contributed by atoms with Crippen molar-refractivity contribution in [2.24, 2.45) is 0 Å². The summed E-state index contributed by atoms with van der Waals surface area (Å²) in [5.74, 6) is 0.217. The molecule has 3 aromatic rings. The number of nitrogens with one attached hydrogen (secondary N) is 2. The van der Waals surface area contributed by atoms with Gasteiger partial charge in [0.05, 0.1) is 0 Å². The maximum absolute atomic E-state index is 12.3. The van der Waals surface area contributed by atoms with E-state index in [0.29, 0.717) is 23.6 Å². The van der Waals surface area contributed by atoms with E-state index in [4.69, 9.17) is 0 Å². The van der Waals surface area contributed by atoms with Gasteiger partial charge in [-0.05, 0) is 55.8 Å². The van der Waals surface area contributed by atoms with Gasteiger partial charge >= 0.3 is 0 Å². The highest BCUT2D eigenvalue weighted by Crippen LogP contribution is 2.12. The second-order valence-electron chi connectivity index (χ2n) is 6.23. The molecule has 0 bridgehead atoms. The Labute approximate surface area is 157 Å². The van der Waals surface area contributed by atoms with Crippen LogP contribution in [-0.2, 0) is 6.54 Å². The molecule has 136 valence electrons. The lowest BCUT2D eigenvalue weighted by atomic mass is 10.1. The van der Waals surface area contributed by atoms with Gasteiger partial charge < -0.3 is 10.6 Å². The Hall–Kier alpha value is -3.54. The summed E-state index contributed by atoms with van der Waals surface area (Å²) in [5, 5.41) is 13.9. The molecule has 0 aliphatic heterocycles. The fourth-order valence-corrected chi connectivity index (χ4v) is 2.55. The predicted octanol–water partition coefficient (Wildman–Crippen LogP) is 3.85. The molecule has 0 unspecified atom stereocenters. The van der Waals surface area contributed by atoms with Gasteiger partial charge in [0.15, 0.2) is 11.5 Å². The molecule has 6 nitrogen and oxygen atoms in total. The van der Waals surface area contributed by atoms with Gasteiger partial charge in [0.25, 0.3) is 5.91 Å². The van der Waals surface area contributed by atoms with Crippen molar-refractivity contribution in [1.29, 1.82) is 0 Å². The largest absolute Gasteiger partial charge is 0.365 e. The van der Waals surface area contributed by atoms with Crippen molar-refractivity contribution in [1.82, 2.24) is 10.2 Å². The average molecular weight is 360 g/mol. The van der Waals surface area contributed by atoms with E-state index in [1.54, 1.807) is 36.4 Å². The zero-order valence-corrected chi connectivity index (χ0v) is 15.2. The molecule has 0 saturated heterocycles. The molecule has 0 saturated carbocycles. The van der Waals surface area contributed by atoms with Crippen molar-refractivity contribution >= 4 is 23.2 Å². The fourth-order valence-electron chi connectivity index (χ4n) is 2.55. The first-order valence-corrected chi connectivity index (χ1v) is 8.57. The smallest absolute Gasteiger partial charge is 0.276 e. The van der Waals surface area contributed by atoms with Crippen LogP contribution in [0.3, 0.4) is 0 Å². The molecule has 0 atom stereocenters. The Bertz CT molecular complexity index is 951. The predicted molar refractivity (Wildman–Crippen MR) is 105 cm³/mol. The van der Waals surface area contributed by atoms with E-state index < -0.39 is 0 Å². The summed E-state index contributed by atoms with van der Waals surface area (Å²) < 4.78 is 0. The maximum atomic E-state index is 12.3. The summed E-state index contributed by atoms with van der Waals surface area (Å²) in [5.41, 5.74) is 3.74. The number of rotatable bonds is 6. The molecule has 0 spiro atoms. The number of aromatic nitrogens is 2. The van der Waals surface area contributed by atoms with Gasteiger partial charge in [-0.15, -0.1) is 10.2 Å². The van der Waals surface area contributed by atoms with Crippen LogP contribution >= 0.6 is 0 Å². The number of aryl methyl sites for hydroxylation is 1. The number of ketones is 1. The van der Waals surface area contributed by atoms with Gasteiger partial charge in [-0.1, -0.05) is 29.8 Å². The van der Waals surface area contributed by atoms with Gasteiger partial charge in [-0.3, -0.25) is 9.59 Å². The zero-order chi connectivity index (χ0) is 19.2. The quantitative estimate of drug-likeness (QED) is 0.652. The number of anilines is 2. The Morgan fingerprint density at radius 2 is 1.74 bits per heavy atom. The third-order valence-corrected chi connectivity index (χ3v) is 4.00. The fraction of sp³-hybridized carbons (Fsp3) is 0.143. The van der Waals surface area contributed by atoms with E-state index in [9.17, 15) is 9.59 Å². The van der Waals surface area contributed by atoms with Crippen molar-refractivity contribution < 1.29 is 9.59 Å². The van der Waals surface area contributed by atoms with Crippen LogP contribution in [0.4, 0.5) is 11.5 Å². The lowest BCUT2D eigenvalue weighted by Crippen LogP contribution is -2.15. The van der Waals surface area contributed by atoms with Crippen LogP contribution in [0.15, 0.2) is 60.7 Å². The number of amides is 1. The molecular weight excluding hydrogens is 340 g/mol. The first-order valence-electron chi connectivity index (χ1n) is 8.57. The number of benzene rings is 2. The van der Waals surface area contributed by atoms with Gasteiger partial charge in [-0.25, -0.2) is 0 Å². The number of nitrogens with zero attached hydrogens (tertiary/aromatic N) is 2. The Kier molecular flexibility index (Phi) is 5.56. The number of carbonyl (C=O) groups is 2. The Morgan fingerprint density at radius 1 is 0.963 bits per heavy atom. The van der Waals surface area contributed by atoms with Crippen LogP contribution in [0.2, 0.25) is 0 Å². The normalized spacial score (nSPS) is 10.3. The first-order chi connectivity index (χ1) is 13.0. The minimum atomic E-state index is -0.358. The monoisotopic (exact) mass is 360 g/mol. The number of carbonyl (C=O) groups excluding carboxylic acids is 2. The molecular formula is C21H20N4O2. The lowest BCUT2D eigenvalue weighted by Gasteiger charge is -2.07. The number of Topliss-reactive ketones (excluding diaryl/α,β-unsaturated/α-hetero) is 1. The van der Waals surface area contributed by atoms with Crippen LogP contribution in [-0.4, -0.2) is 21.9 Å². The Morgan fingerprint density at radius 3 is 2.37 bits per heavy atom. The summed E-state index contributed by atoms with van der Waals surface area (Å²) >= 11 is 0. The molecule has 2 N–H and O–H groups in total. The third kappa shape index (κ3) is 4.98. The molecule has 0 aliphatic rings. The molecule has 0 aliphatic carbocycles. The van der Waals surface area contributed by atoms with Crippen LogP contribution < -0.4 is 10.6 Å². The van der Waals surface area contributed by atoms with Crippen LogP contribution in [0.5, 0.6) is 0 Å². The topological polar surface area (TPSA) is 84.0 Å². The van der Waals surface area contributed by atoms with E-state index in [1.807, 2.05) is 25.1 Å². The van der Waals surface area contributed by atoms with Gasteiger partial charge in [0.1, 0.15) is 5.82 Å². The molecule has 2 aromatic carbocycles. The van der Waals surface area contributed by atoms with Crippen molar-refractivity contribution in [2.75, 3.05) is 10.6 Å². The molecule has 3 rings (SSSR count). The highest BCUT2D eigenvalue weighted by atomic mass is 16.2.